The van der Waals surface area contributed by atoms with E-state index in [9.17, 15) is 22.4 Å². The van der Waals surface area contributed by atoms with E-state index in [1.54, 1.807) is 16.8 Å². The van der Waals surface area contributed by atoms with Crippen LogP contribution in [0.4, 0.5) is 17.6 Å². The minimum Gasteiger partial charge on any atom is -0.315 e. The van der Waals surface area contributed by atoms with Gasteiger partial charge in [0.05, 0.1) is 11.1 Å². The Labute approximate surface area is 171 Å². The molecule has 4 nitrogen and oxygen atoms in total. The number of halogens is 4. The van der Waals surface area contributed by atoms with Gasteiger partial charge < -0.3 is 9.88 Å². The molecule has 1 aromatic carbocycles. The van der Waals surface area contributed by atoms with Crippen molar-refractivity contribution in [1.82, 2.24) is 14.9 Å². The molecule has 1 N–H and O–H groups in total. The van der Waals surface area contributed by atoms with E-state index in [0.717, 1.165) is 25.5 Å². The zero-order valence-corrected chi connectivity index (χ0v) is 16.8. The second kappa shape index (κ2) is 8.95. The van der Waals surface area contributed by atoms with Gasteiger partial charge in [-0.15, -0.1) is 0 Å². The van der Waals surface area contributed by atoms with Gasteiger partial charge in [-0.2, -0.15) is 13.2 Å². The zero-order chi connectivity index (χ0) is 21.9. The number of aromatic nitrogens is 2. The van der Waals surface area contributed by atoms with Gasteiger partial charge in [0.2, 0.25) is 0 Å². The van der Waals surface area contributed by atoms with Crippen LogP contribution in [-0.4, -0.2) is 22.8 Å². The molecule has 0 radical (unpaired) electrons. The lowest BCUT2D eigenvalue weighted by molar-refractivity contribution is -0.156. The summed E-state index contributed by atoms with van der Waals surface area (Å²) in [6.45, 7) is 2.64. The van der Waals surface area contributed by atoms with Crippen molar-refractivity contribution in [3.8, 4) is 11.3 Å². The van der Waals surface area contributed by atoms with Gasteiger partial charge in [0.1, 0.15) is 11.9 Å². The highest BCUT2D eigenvalue weighted by atomic mass is 19.4. The molecular weight excluding hydrogens is 398 g/mol. The monoisotopic (exact) mass is 421 g/mol. The van der Waals surface area contributed by atoms with Crippen molar-refractivity contribution >= 4 is 10.8 Å². The Morgan fingerprint density at radius 3 is 2.53 bits per heavy atom. The molecule has 8 heteroatoms. The van der Waals surface area contributed by atoms with E-state index in [-0.39, 0.29) is 27.8 Å². The summed E-state index contributed by atoms with van der Waals surface area (Å²) in [5.74, 6) is -0.646. The van der Waals surface area contributed by atoms with E-state index in [1.807, 2.05) is 0 Å². The lowest BCUT2D eigenvalue weighted by Gasteiger charge is -2.19. The van der Waals surface area contributed by atoms with Gasteiger partial charge in [-0.3, -0.25) is 9.78 Å². The number of hydrogen-bond donors (Lipinski definition) is 1. The first-order chi connectivity index (χ1) is 14.3. The second-order valence-electron chi connectivity index (χ2n) is 7.18. The summed E-state index contributed by atoms with van der Waals surface area (Å²) in [5, 5.41) is 3.02. The molecule has 0 aliphatic carbocycles. The van der Waals surface area contributed by atoms with Crippen LogP contribution in [0.1, 0.15) is 37.8 Å². The fourth-order valence-electron chi connectivity index (χ4n) is 3.47. The highest BCUT2D eigenvalue weighted by Crippen LogP contribution is 2.33. The van der Waals surface area contributed by atoms with Crippen LogP contribution in [-0.2, 0) is 6.54 Å². The predicted octanol–water partition coefficient (Wildman–Crippen LogP) is 5.22. The molecule has 1 unspecified atom stereocenters. The summed E-state index contributed by atoms with van der Waals surface area (Å²) < 4.78 is 55.5. The van der Waals surface area contributed by atoms with Gasteiger partial charge in [-0.05, 0) is 48.7 Å². The number of rotatable bonds is 7. The molecular formula is C22H23F4N3O. The molecule has 2 aromatic heterocycles. The van der Waals surface area contributed by atoms with Crippen molar-refractivity contribution in [3.05, 3.63) is 64.5 Å². The summed E-state index contributed by atoms with van der Waals surface area (Å²) >= 11 is 0. The minimum absolute atomic E-state index is 0.0649. The molecule has 30 heavy (non-hydrogen) atoms. The lowest BCUT2D eigenvalue weighted by atomic mass is 10.0. The minimum atomic E-state index is -4.47. The summed E-state index contributed by atoms with van der Waals surface area (Å²) in [5.41, 5.74) is -0.00295. The normalized spacial score (nSPS) is 13.0. The van der Waals surface area contributed by atoms with Gasteiger partial charge in [-0.1, -0.05) is 25.8 Å². The molecule has 1 atom stereocenters. The van der Waals surface area contributed by atoms with Crippen LogP contribution in [0.3, 0.4) is 0 Å². The summed E-state index contributed by atoms with van der Waals surface area (Å²) in [4.78, 5) is 16.7. The maximum atomic E-state index is 14.8. The summed E-state index contributed by atoms with van der Waals surface area (Å²) in [6, 6.07) is 5.18. The number of unbranched alkanes of at least 4 members (excludes halogenated alkanes) is 2. The van der Waals surface area contributed by atoms with Gasteiger partial charge in [0.25, 0.3) is 5.56 Å². The Balaban J connectivity index is 1.96. The van der Waals surface area contributed by atoms with Crippen LogP contribution in [0, 0.1) is 5.82 Å². The number of benzene rings is 1. The molecule has 0 aliphatic heterocycles. The molecule has 0 spiro atoms. The van der Waals surface area contributed by atoms with Crippen LogP contribution in [0.25, 0.3) is 22.0 Å². The molecule has 0 amide bonds. The number of fused-ring (bicyclic) bond motifs is 1. The zero-order valence-electron chi connectivity index (χ0n) is 16.8. The van der Waals surface area contributed by atoms with Crippen molar-refractivity contribution in [2.75, 3.05) is 7.05 Å². The van der Waals surface area contributed by atoms with Crippen LogP contribution in [0.15, 0.2) is 47.5 Å². The first-order valence-corrected chi connectivity index (χ1v) is 9.79. The number of hydrogen-bond acceptors (Lipinski definition) is 3. The van der Waals surface area contributed by atoms with E-state index in [4.69, 9.17) is 0 Å². The molecule has 0 bridgehead atoms. The molecule has 0 saturated carbocycles. The number of pyridine rings is 2. The Bertz CT molecular complexity index is 1070. The quantitative estimate of drug-likeness (QED) is 0.421. The predicted molar refractivity (Wildman–Crippen MR) is 109 cm³/mol. The van der Waals surface area contributed by atoms with E-state index in [1.165, 1.54) is 31.3 Å². The fraction of sp³-hybridized carbons (Fsp3) is 0.364. The van der Waals surface area contributed by atoms with Gasteiger partial charge >= 0.3 is 6.18 Å². The Morgan fingerprint density at radius 1 is 1.17 bits per heavy atom. The first kappa shape index (κ1) is 22.0. The maximum Gasteiger partial charge on any atom is 0.407 e. The number of alkyl halides is 3. The Hall–Kier alpha value is -2.74. The molecule has 160 valence electrons. The Kier molecular flexibility index (Phi) is 6.55. The van der Waals surface area contributed by atoms with Crippen LogP contribution in [0.2, 0.25) is 0 Å². The molecule has 3 aromatic rings. The SMILES string of the molecule is CCCCCn1ccc2cc(-c3ccc(C(NC)C(F)(F)F)cn3)c(F)cc2c1=O. The summed E-state index contributed by atoms with van der Waals surface area (Å²) in [6.07, 6.45) is 1.19. The second-order valence-corrected chi connectivity index (χ2v) is 7.18. The number of nitrogens with one attached hydrogen (secondary N) is 1. The van der Waals surface area contributed by atoms with Gasteiger partial charge in [0.15, 0.2) is 0 Å². The third kappa shape index (κ3) is 4.53. The van der Waals surface area contributed by atoms with Crippen LogP contribution >= 0.6 is 0 Å². The maximum absolute atomic E-state index is 14.8. The third-order valence-electron chi connectivity index (χ3n) is 5.08. The first-order valence-electron chi connectivity index (χ1n) is 9.79. The molecule has 0 aliphatic rings. The summed E-state index contributed by atoms with van der Waals surface area (Å²) in [7, 11) is 1.21. The van der Waals surface area contributed by atoms with Crippen molar-refractivity contribution in [3.63, 3.8) is 0 Å². The highest BCUT2D eigenvalue weighted by molar-refractivity contribution is 5.86. The van der Waals surface area contributed by atoms with Gasteiger partial charge in [0, 0.05) is 24.5 Å². The van der Waals surface area contributed by atoms with Crippen LogP contribution < -0.4 is 10.9 Å². The average Bonchev–Trinajstić information content (AvgIpc) is 2.70. The van der Waals surface area contributed by atoms with Crippen molar-refractivity contribution in [2.24, 2.45) is 0 Å². The number of nitrogens with zero attached hydrogens (tertiary/aromatic N) is 2. The van der Waals surface area contributed by atoms with Crippen molar-refractivity contribution < 1.29 is 17.6 Å². The molecule has 0 fully saturated rings. The molecule has 3 rings (SSSR count). The van der Waals surface area contributed by atoms with E-state index in [2.05, 4.69) is 17.2 Å². The largest absolute Gasteiger partial charge is 0.407 e. The standard InChI is InChI=1S/C22H23F4N3O/c1-3-4-5-9-29-10-8-14-11-17(18(23)12-16(14)21(29)30)19-7-6-15(13-28-19)20(27-2)22(24,25)26/h6-8,10-13,20,27H,3-5,9H2,1-2H3. The third-order valence-corrected chi connectivity index (χ3v) is 5.08. The average molecular weight is 421 g/mol. The highest BCUT2D eigenvalue weighted by Gasteiger charge is 2.39. The van der Waals surface area contributed by atoms with E-state index >= 15 is 0 Å². The van der Waals surface area contributed by atoms with Crippen LogP contribution in [0.5, 0.6) is 0 Å². The topological polar surface area (TPSA) is 46.9 Å². The van der Waals surface area contributed by atoms with E-state index in [0.29, 0.717) is 11.9 Å². The van der Waals surface area contributed by atoms with E-state index < -0.39 is 18.0 Å². The Morgan fingerprint density at radius 2 is 1.93 bits per heavy atom. The van der Waals surface area contributed by atoms with Crippen molar-refractivity contribution in [1.29, 1.82) is 0 Å². The fourth-order valence-corrected chi connectivity index (χ4v) is 3.47. The number of aryl methyl sites for hydroxylation is 1. The smallest absolute Gasteiger partial charge is 0.315 e. The molecule has 2 heterocycles. The lowest BCUT2D eigenvalue weighted by Crippen LogP contribution is -2.31. The molecule has 0 saturated heterocycles. The van der Waals surface area contributed by atoms with Crippen molar-refractivity contribution in [2.45, 2.75) is 44.9 Å². The van der Waals surface area contributed by atoms with Gasteiger partial charge in [-0.25, -0.2) is 4.39 Å².